The van der Waals surface area contributed by atoms with Crippen molar-refractivity contribution in [3.63, 3.8) is 0 Å². The molecule has 0 unspecified atom stereocenters. The molecule has 1 N–H and O–H groups in total. The molecular weight excluding hydrogens is 467 g/mol. The zero-order valence-corrected chi connectivity index (χ0v) is 21.9. The molecule has 1 aliphatic rings. The Bertz CT molecular complexity index is 1110. The van der Waals surface area contributed by atoms with Crippen LogP contribution in [0.5, 0.6) is 0 Å². The molecule has 9 heteroatoms. The predicted molar refractivity (Wildman–Crippen MR) is 138 cm³/mol. The molecule has 2 heterocycles. The molecule has 0 aliphatic carbocycles. The summed E-state index contributed by atoms with van der Waals surface area (Å²) < 4.78 is 45.7. The highest BCUT2D eigenvalue weighted by atomic mass is 19.4. The average molecular weight is 504 g/mol. The van der Waals surface area contributed by atoms with E-state index in [-0.39, 0.29) is 11.5 Å². The molecule has 2 aromatic rings. The van der Waals surface area contributed by atoms with Crippen LogP contribution in [0.15, 0.2) is 41.7 Å². The number of ether oxygens (including phenoxy) is 1. The molecule has 1 aromatic heterocycles. The van der Waals surface area contributed by atoms with Crippen LogP contribution in [0.1, 0.15) is 61.9 Å². The van der Waals surface area contributed by atoms with Crippen LogP contribution in [0, 0.1) is 19.8 Å². The van der Waals surface area contributed by atoms with E-state index in [0.717, 1.165) is 37.6 Å². The van der Waals surface area contributed by atoms with Gasteiger partial charge in [-0.2, -0.15) is 18.2 Å². The first-order chi connectivity index (χ1) is 16.9. The molecule has 3 rings (SSSR count). The quantitative estimate of drug-likeness (QED) is 0.339. The average Bonchev–Trinajstić information content (AvgIpc) is 2.83. The summed E-state index contributed by atoms with van der Waals surface area (Å²) in [6, 6.07) is 4.32. The lowest BCUT2D eigenvalue weighted by molar-refractivity contribution is -0.138. The molecule has 1 aromatic carbocycles. The van der Waals surface area contributed by atoms with Gasteiger partial charge in [0.05, 0.1) is 18.7 Å². The number of methoxy groups -OCH3 is 1. The number of aromatic nitrogens is 2. The number of rotatable bonds is 7. The van der Waals surface area contributed by atoms with Gasteiger partial charge < -0.3 is 15.0 Å². The maximum absolute atomic E-state index is 13.4. The van der Waals surface area contributed by atoms with Crippen molar-refractivity contribution in [1.82, 2.24) is 14.9 Å². The van der Waals surface area contributed by atoms with Gasteiger partial charge in [0.1, 0.15) is 12.1 Å². The monoisotopic (exact) mass is 503 g/mol. The summed E-state index contributed by atoms with van der Waals surface area (Å²) in [5.74, 6) is 1.65. The first kappa shape index (κ1) is 27.6. The van der Waals surface area contributed by atoms with Gasteiger partial charge in [-0.25, -0.2) is 9.97 Å². The summed E-state index contributed by atoms with van der Waals surface area (Å²) in [7, 11) is 1.57. The Morgan fingerprint density at radius 1 is 1.14 bits per heavy atom. The summed E-state index contributed by atoms with van der Waals surface area (Å²) >= 11 is 0. The third kappa shape index (κ3) is 6.24. The minimum atomic E-state index is -4.41. The molecule has 1 saturated heterocycles. The van der Waals surface area contributed by atoms with Crippen LogP contribution in [0.2, 0.25) is 0 Å². The molecule has 0 bridgehead atoms. The van der Waals surface area contributed by atoms with Gasteiger partial charge in [0.15, 0.2) is 5.82 Å². The Morgan fingerprint density at radius 3 is 2.39 bits per heavy atom. The highest BCUT2D eigenvalue weighted by Crippen LogP contribution is 2.35. The van der Waals surface area contributed by atoms with E-state index in [0.29, 0.717) is 34.7 Å². The second-order valence-electron chi connectivity index (χ2n) is 9.60. The number of aliphatic imine (C=N–C) groups is 1. The van der Waals surface area contributed by atoms with Crippen molar-refractivity contribution in [3.8, 4) is 0 Å². The minimum absolute atomic E-state index is 0.191. The van der Waals surface area contributed by atoms with E-state index in [4.69, 9.17) is 4.74 Å². The van der Waals surface area contributed by atoms with Crippen molar-refractivity contribution >= 4 is 17.5 Å². The molecule has 1 fully saturated rings. The Morgan fingerprint density at radius 2 is 1.81 bits per heavy atom. The summed E-state index contributed by atoms with van der Waals surface area (Å²) in [5.41, 5.74) is 1.62. The highest BCUT2D eigenvalue weighted by Gasteiger charge is 2.33. The summed E-state index contributed by atoms with van der Waals surface area (Å²) in [6.45, 7) is 15.8. The van der Waals surface area contributed by atoms with E-state index in [1.165, 1.54) is 19.3 Å². The van der Waals surface area contributed by atoms with Crippen LogP contribution in [0.3, 0.4) is 0 Å². The number of benzene rings is 1. The summed E-state index contributed by atoms with van der Waals surface area (Å²) in [4.78, 5) is 15.7. The molecule has 0 radical (unpaired) electrons. The van der Waals surface area contributed by atoms with Crippen LogP contribution >= 0.6 is 0 Å². The SMILES string of the molecule is C=C(/C(=N\c1ncnc(N[C@H](C)c2cccc(C(F)(F)F)c2C)c1C)OC)C1CCN(C(C)C)CC1. The molecule has 196 valence electrons. The molecule has 0 amide bonds. The summed E-state index contributed by atoms with van der Waals surface area (Å²) in [5, 5.41) is 3.23. The lowest BCUT2D eigenvalue weighted by Gasteiger charge is -2.35. The number of anilines is 1. The van der Waals surface area contributed by atoms with Gasteiger partial charge in [-0.3, -0.25) is 0 Å². The third-order valence-corrected chi connectivity index (χ3v) is 6.99. The van der Waals surface area contributed by atoms with E-state index in [9.17, 15) is 13.2 Å². The van der Waals surface area contributed by atoms with Crippen molar-refractivity contribution in [2.75, 3.05) is 25.5 Å². The fraction of sp³-hybridized carbons (Fsp3) is 0.519. The number of hydrogen-bond acceptors (Lipinski definition) is 6. The number of piperidine rings is 1. The number of nitrogens with one attached hydrogen (secondary N) is 1. The van der Waals surface area contributed by atoms with Crippen molar-refractivity contribution < 1.29 is 17.9 Å². The first-order valence-electron chi connectivity index (χ1n) is 12.2. The van der Waals surface area contributed by atoms with Gasteiger partial charge in [0, 0.05) is 17.2 Å². The van der Waals surface area contributed by atoms with Crippen molar-refractivity contribution in [1.29, 1.82) is 0 Å². The van der Waals surface area contributed by atoms with Crippen molar-refractivity contribution in [2.45, 2.75) is 65.7 Å². The normalized spacial score (nSPS) is 16.8. The van der Waals surface area contributed by atoms with Crippen LogP contribution < -0.4 is 5.32 Å². The van der Waals surface area contributed by atoms with E-state index < -0.39 is 17.8 Å². The standard InChI is InChI=1S/C27H36F3N5O/c1-16(2)35-13-11-21(12-14-35)17(3)26(36-7)34-25-19(5)24(31-15-32-25)33-20(6)22-9-8-10-23(18(22)4)27(28,29)30/h8-10,15-16,20-21H,3,11-14H2,1-2,4-7H3,(H,31,32,33)/b34-26+/t20-/m1/s1. The largest absolute Gasteiger partial charge is 0.481 e. The highest BCUT2D eigenvalue weighted by molar-refractivity contribution is 5.95. The summed E-state index contributed by atoms with van der Waals surface area (Å²) in [6.07, 6.45) is -1.04. The maximum Gasteiger partial charge on any atom is 0.416 e. The Hall–Kier alpha value is -2.94. The molecule has 6 nitrogen and oxygen atoms in total. The second-order valence-corrected chi connectivity index (χ2v) is 9.60. The topological polar surface area (TPSA) is 62.6 Å². The number of nitrogens with zero attached hydrogens (tertiary/aromatic N) is 4. The van der Waals surface area contributed by atoms with Crippen LogP contribution in [0.4, 0.5) is 24.8 Å². The number of hydrogen-bond donors (Lipinski definition) is 1. The molecular formula is C27H36F3N5O. The maximum atomic E-state index is 13.4. The van der Waals surface area contributed by atoms with Gasteiger partial charge in [-0.1, -0.05) is 18.7 Å². The minimum Gasteiger partial charge on any atom is -0.481 e. The lowest BCUT2D eigenvalue weighted by atomic mass is 9.89. The fourth-order valence-electron chi connectivity index (χ4n) is 4.70. The third-order valence-electron chi connectivity index (χ3n) is 6.99. The van der Waals surface area contributed by atoms with Crippen molar-refractivity contribution in [2.24, 2.45) is 10.9 Å². The van der Waals surface area contributed by atoms with Crippen LogP contribution in [-0.2, 0) is 10.9 Å². The van der Waals surface area contributed by atoms with Gasteiger partial charge in [-0.15, -0.1) is 0 Å². The predicted octanol–water partition coefficient (Wildman–Crippen LogP) is 6.64. The van der Waals surface area contributed by atoms with E-state index >= 15 is 0 Å². The molecule has 0 spiro atoms. The van der Waals surface area contributed by atoms with E-state index in [1.807, 2.05) is 6.92 Å². The first-order valence-corrected chi connectivity index (χ1v) is 12.2. The number of alkyl halides is 3. The molecule has 1 aliphatic heterocycles. The van der Waals surface area contributed by atoms with E-state index in [2.05, 4.69) is 45.6 Å². The Kier molecular flexibility index (Phi) is 8.76. The lowest BCUT2D eigenvalue weighted by Crippen LogP contribution is -2.39. The van der Waals surface area contributed by atoms with Gasteiger partial charge in [0.25, 0.3) is 0 Å². The van der Waals surface area contributed by atoms with E-state index in [1.54, 1.807) is 20.1 Å². The molecule has 0 saturated carbocycles. The van der Waals surface area contributed by atoms with Crippen molar-refractivity contribution in [3.05, 3.63) is 58.9 Å². The van der Waals surface area contributed by atoms with Crippen LogP contribution in [0.25, 0.3) is 0 Å². The molecule has 1 atom stereocenters. The van der Waals surface area contributed by atoms with Crippen LogP contribution in [-0.4, -0.2) is 47.0 Å². The van der Waals surface area contributed by atoms with Gasteiger partial charge in [0.2, 0.25) is 5.90 Å². The number of halogens is 3. The zero-order valence-electron chi connectivity index (χ0n) is 21.9. The Labute approximate surface area is 211 Å². The number of likely N-dealkylation sites (tertiary alicyclic amines) is 1. The second kappa shape index (κ2) is 11.4. The molecule has 36 heavy (non-hydrogen) atoms. The fourth-order valence-corrected chi connectivity index (χ4v) is 4.70. The Balaban J connectivity index is 1.81. The van der Waals surface area contributed by atoms with Gasteiger partial charge in [-0.05, 0) is 83.7 Å². The smallest absolute Gasteiger partial charge is 0.416 e. The zero-order chi connectivity index (χ0) is 26.6. The van der Waals surface area contributed by atoms with Gasteiger partial charge >= 0.3 is 6.18 Å².